The van der Waals surface area contributed by atoms with Gasteiger partial charge in [-0.2, -0.15) is 4.72 Å². The molecule has 0 atom stereocenters. The van der Waals surface area contributed by atoms with Crippen LogP contribution in [0, 0.1) is 5.82 Å². The number of carbonyl (C=O) groups excluding carboxylic acids is 1. The normalized spacial score (nSPS) is 13.4. The number of hydrogen-bond donors (Lipinski definition) is 1. The third-order valence-electron chi connectivity index (χ3n) is 4.46. The fourth-order valence-corrected chi connectivity index (χ4v) is 4.65. The molecule has 0 aliphatic carbocycles. The van der Waals surface area contributed by atoms with Crippen molar-refractivity contribution in [2.45, 2.75) is 17.9 Å². The van der Waals surface area contributed by atoms with E-state index in [2.05, 4.69) is 9.71 Å². The molecule has 2 heterocycles. The van der Waals surface area contributed by atoms with E-state index in [4.69, 9.17) is 14.2 Å². The number of nitrogens with one attached hydrogen (secondary N) is 1. The molecule has 2 aromatic carbocycles. The van der Waals surface area contributed by atoms with Gasteiger partial charge in [-0.1, -0.05) is 0 Å². The van der Waals surface area contributed by atoms with Crippen LogP contribution in [0.2, 0.25) is 0 Å². The second-order valence-corrected chi connectivity index (χ2v) is 9.42. The van der Waals surface area contributed by atoms with Gasteiger partial charge in [-0.25, -0.2) is 17.8 Å². The Kier molecular flexibility index (Phi) is 6.68. The molecule has 0 bridgehead atoms. The van der Waals surface area contributed by atoms with Crippen molar-refractivity contribution < 1.29 is 31.8 Å². The highest BCUT2D eigenvalue weighted by atomic mass is 32.2. The molecule has 8 nitrogen and oxygen atoms in total. The number of halogens is 1. The van der Waals surface area contributed by atoms with Crippen LogP contribution in [0.5, 0.6) is 11.5 Å². The minimum atomic E-state index is -3.95. The Balaban J connectivity index is 1.31. The fourth-order valence-electron chi connectivity index (χ4n) is 2.85. The first-order valence-electron chi connectivity index (χ1n) is 9.66. The SMILES string of the molecule is O=C(CNS(=O)(=O)c1ccc2c(c1)OCCCO2)OCc1csc(-c2ccc(F)cc2)n1. The van der Waals surface area contributed by atoms with Gasteiger partial charge in [0, 0.05) is 23.4 Å². The van der Waals surface area contributed by atoms with Crippen molar-refractivity contribution in [2.24, 2.45) is 0 Å². The first-order valence-corrected chi connectivity index (χ1v) is 12.0. The van der Waals surface area contributed by atoms with Crippen LogP contribution >= 0.6 is 11.3 Å². The number of nitrogens with zero attached hydrogens (tertiary/aromatic N) is 1. The summed E-state index contributed by atoms with van der Waals surface area (Å²) in [5.74, 6) is -0.273. The van der Waals surface area contributed by atoms with Gasteiger partial charge < -0.3 is 14.2 Å². The van der Waals surface area contributed by atoms with Crippen LogP contribution in [0.1, 0.15) is 12.1 Å². The van der Waals surface area contributed by atoms with Crippen LogP contribution in [-0.4, -0.2) is 39.1 Å². The Bertz CT molecular complexity index is 1210. The summed E-state index contributed by atoms with van der Waals surface area (Å²) in [5.41, 5.74) is 1.25. The van der Waals surface area contributed by atoms with Crippen LogP contribution in [0.15, 0.2) is 52.7 Å². The number of aromatic nitrogens is 1. The zero-order valence-electron chi connectivity index (χ0n) is 16.7. The maximum Gasteiger partial charge on any atom is 0.321 e. The molecule has 1 aliphatic heterocycles. The van der Waals surface area contributed by atoms with Gasteiger partial charge in [0.2, 0.25) is 10.0 Å². The molecule has 11 heteroatoms. The van der Waals surface area contributed by atoms with E-state index in [-0.39, 0.29) is 17.3 Å². The molecule has 0 unspecified atom stereocenters. The van der Waals surface area contributed by atoms with E-state index in [0.29, 0.717) is 41.8 Å². The number of benzene rings is 2. The molecule has 0 spiro atoms. The lowest BCUT2D eigenvalue weighted by Gasteiger charge is -2.10. The molecular formula is C21H19FN2O6S2. The third-order valence-corrected chi connectivity index (χ3v) is 6.80. The highest BCUT2D eigenvalue weighted by Crippen LogP contribution is 2.31. The van der Waals surface area contributed by atoms with Gasteiger partial charge in [0.15, 0.2) is 11.5 Å². The second-order valence-electron chi connectivity index (χ2n) is 6.80. The van der Waals surface area contributed by atoms with Crippen molar-refractivity contribution >= 4 is 27.3 Å². The lowest BCUT2D eigenvalue weighted by molar-refractivity contribution is -0.143. The molecule has 168 valence electrons. The largest absolute Gasteiger partial charge is 0.490 e. The Labute approximate surface area is 188 Å². The van der Waals surface area contributed by atoms with Crippen molar-refractivity contribution in [3.05, 3.63) is 59.4 Å². The summed E-state index contributed by atoms with van der Waals surface area (Å²) in [5, 5.41) is 2.37. The van der Waals surface area contributed by atoms with E-state index in [9.17, 15) is 17.6 Å². The zero-order valence-corrected chi connectivity index (χ0v) is 18.4. The topological polar surface area (TPSA) is 104 Å². The molecule has 0 amide bonds. The summed E-state index contributed by atoms with van der Waals surface area (Å²) in [6.45, 7) is 0.275. The van der Waals surface area contributed by atoms with Crippen LogP contribution in [-0.2, 0) is 26.2 Å². The predicted octanol–water partition coefficient (Wildman–Crippen LogP) is 3.13. The zero-order chi connectivity index (χ0) is 22.6. The van der Waals surface area contributed by atoms with Crippen molar-refractivity contribution in [3.63, 3.8) is 0 Å². The molecule has 0 saturated carbocycles. The maximum atomic E-state index is 13.0. The minimum absolute atomic E-state index is 0.0435. The fraction of sp³-hybridized carbons (Fsp3) is 0.238. The molecule has 1 aromatic heterocycles. The van der Waals surface area contributed by atoms with Crippen molar-refractivity contribution in [3.8, 4) is 22.1 Å². The van der Waals surface area contributed by atoms with Crippen molar-refractivity contribution in [2.75, 3.05) is 19.8 Å². The standard InChI is InChI=1S/C21H19FN2O6S2/c22-15-4-2-14(3-5-15)21-24-16(13-31-21)12-30-20(25)11-23-32(26,27)17-6-7-18-19(10-17)29-9-1-8-28-18/h2-7,10,13,23H,1,8-9,11-12H2. The van der Waals surface area contributed by atoms with Gasteiger partial charge in [0.05, 0.1) is 23.8 Å². The van der Waals surface area contributed by atoms with Gasteiger partial charge in [0.1, 0.15) is 24.0 Å². The number of hydrogen-bond acceptors (Lipinski definition) is 8. The van der Waals surface area contributed by atoms with Crippen LogP contribution in [0.4, 0.5) is 4.39 Å². The summed E-state index contributed by atoms with van der Waals surface area (Å²) >= 11 is 1.33. The molecule has 1 N–H and O–H groups in total. The van der Waals surface area contributed by atoms with E-state index in [1.807, 2.05) is 0 Å². The molecule has 0 radical (unpaired) electrons. The van der Waals surface area contributed by atoms with E-state index in [0.717, 1.165) is 5.56 Å². The third kappa shape index (κ3) is 5.42. The molecule has 3 aromatic rings. The number of esters is 1. The first-order chi connectivity index (χ1) is 15.4. The molecule has 0 saturated heterocycles. The molecular weight excluding hydrogens is 459 g/mol. The second kappa shape index (κ2) is 9.63. The highest BCUT2D eigenvalue weighted by Gasteiger charge is 2.20. The van der Waals surface area contributed by atoms with Crippen molar-refractivity contribution in [1.82, 2.24) is 9.71 Å². The Morgan fingerprint density at radius 1 is 1.12 bits per heavy atom. The number of ether oxygens (including phenoxy) is 3. The van der Waals surface area contributed by atoms with E-state index in [1.165, 1.54) is 41.7 Å². The number of sulfonamides is 1. The minimum Gasteiger partial charge on any atom is -0.490 e. The molecule has 0 fully saturated rings. The first kappa shape index (κ1) is 22.2. The lowest BCUT2D eigenvalue weighted by Crippen LogP contribution is -2.30. The van der Waals surface area contributed by atoms with Gasteiger partial charge in [0.25, 0.3) is 0 Å². The smallest absolute Gasteiger partial charge is 0.321 e. The summed E-state index contributed by atoms with van der Waals surface area (Å²) in [4.78, 5) is 16.3. The quantitative estimate of drug-likeness (QED) is 0.521. The number of carbonyl (C=O) groups is 1. The van der Waals surface area contributed by atoms with E-state index < -0.39 is 22.5 Å². The highest BCUT2D eigenvalue weighted by molar-refractivity contribution is 7.89. The summed E-state index contributed by atoms with van der Waals surface area (Å²) < 4.78 is 56.4. The number of rotatable bonds is 7. The average molecular weight is 479 g/mol. The molecule has 4 rings (SSSR count). The average Bonchev–Trinajstić information content (AvgIpc) is 3.13. The monoisotopic (exact) mass is 478 g/mol. The van der Waals surface area contributed by atoms with Gasteiger partial charge in [-0.3, -0.25) is 4.79 Å². The van der Waals surface area contributed by atoms with E-state index >= 15 is 0 Å². The maximum absolute atomic E-state index is 13.0. The van der Waals surface area contributed by atoms with Crippen molar-refractivity contribution in [1.29, 1.82) is 0 Å². The number of fused-ring (bicyclic) bond motifs is 1. The summed E-state index contributed by atoms with van der Waals surface area (Å²) in [7, 11) is -3.95. The number of thiazole rings is 1. The Morgan fingerprint density at radius 3 is 2.66 bits per heavy atom. The summed E-state index contributed by atoms with van der Waals surface area (Å²) in [6, 6.07) is 10.2. The van der Waals surface area contributed by atoms with Crippen LogP contribution < -0.4 is 14.2 Å². The van der Waals surface area contributed by atoms with Gasteiger partial charge >= 0.3 is 5.97 Å². The molecule has 1 aliphatic rings. The van der Waals surface area contributed by atoms with Gasteiger partial charge in [-0.15, -0.1) is 11.3 Å². The van der Waals surface area contributed by atoms with E-state index in [1.54, 1.807) is 17.5 Å². The Hall–Kier alpha value is -3.02. The van der Waals surface area contributed by atoms with Gasteiger partial charge in [-0.05, 0) is 36.4 Å². The van der Waals surface area contributed by atoms with Crippen LogP contribution in [0.3, 0.4) is 0 Å². The van der Waals surface area contributed by atoms with Crippen LogP contribution in [0.25, 0.3) is 10.6 Å². The lowest BCUT2D eigenvalue weighted by atomic mass is 10.2. The summed E-state index contributed by atoms with van der Waals surface area (Å²) in [6.07, 6.45) is 0.700. The predicted molar refractivity (Wildman–Crippen MR) is 115 cm³/mol. The molecule has 32 heavy (non-hydrogen) atoms. The Morgan fingerprint density at radius 2 is 1.88 bits per heavy atom.